The molecule has 0 saturated carbocycles. The average molecular weight is 432 g/mol. The minimum Gasteiger partial charge on any atom is -0.486 e. The van der Waals surface area contributed by atoms with Crippen molar-refractivity contribution in [2.24, 2.45) is 0 Å². The highest BCUT2D eigenvalue weighted by molar-refractivity contribution is 6.32. The van der Waals surface area contributed by atoms with Gasteiger partial charge in [-0.15, -0.1) is 0 Å². The SMILES string of the molecule is Cc1nc(NCc2cc3cc(Cl)c(OCc4ccccn4)cc3[nH]c2=O)ccc1C#N. The van der Waals surface area contributed by atoms with Crippen molar-refractivity contribution in [3.05, 3.63) is 92.6 Å². The Morgan fingerprint density at radius 3 is 2.84 bits per heavy atom. The number of benzene rings is 1. The molecule has 0 aliphatic heterocycles. The quantitative estimate of drug-likeness (QED) is 0.470. The van der Waals surface area contributed by atoms with E-state index in [-0.39, 0.29) is 18.7 Å². The molecule has 2 N–H and O–H groups in total. The van der Waals surface area contributed by atoms with Crippen molar-refractivity contribution in [1.82, 2.24) is 15.0 Å². The van der Waals surface area contributed by atoms with E-state index in [1.54, 1.807) is 43.5 Å². The molecule has 1 aromatic carbocycles. The standard InChI is InChI=1S/C23H18ClN5O2/c1-14-15(11-25)5-6-22(28-14)27-12-17-8-16-9-19(24)21(10-20(16)29-23(17)30)31-13-18-4-2-3-7-26-18/h2-10H,12-13H2,1H3,(H,27,28)(H,29,30). The highest BCUT2D eigenvalue weighted by Gasteiger charge is 2.10. The second kappa shape index (κ2) is 8.86. The predicted molar refractivity (Wildman–Crippen MR) is 119 cm³/mol. The number of nitrogens with one attached hydrogen (secondary N) is 2. The monoisotopic (exact) mass is 431 g/mol. The zero-order valence-electron chi connectivity index (χ0n) is 16.6. The van der Waals surface area contributed by atoms with Crippen LogP contribution in [0.2, 0.25) is 5.02 Å². The zero-order chi connectivity index (χ0) is 21.8. The van der Waals surface area contributed by atoms with Crippen LogP contribution < -0.4 is 15.6 Å². The first-order valence-electron chi connectivity index (χ1n) is 9.53. The lowest BCUT2D eigenvalue weighted by Gasteiger charge is -2.11. The summed E-state index contributed by atoms with van der Waals surface area (Å²) in [6.07, 6.45) is 1.70. The maximum Gasteiger partial charge on any atom is 0.253 e. The molecule has 0 aliphatic carbocycles. The number of H-pyrrole nitrogens is 1. The van der Waals surface area contributed by atoms with E-state index in [0.29, 0.717) is 38.9 Å². The number of pyridine rings is 3. The topological polar surface area (TPSA) is 104 Å². The second-order valence-corrected chi connectivity index (χ2v) is 7.31. The van der Waals surface area contributed by atoms with Gasteiger partial charge in [0.1, 0.15) is 24.2 Å². The Hall–Kier alpha value is -3.89. The number of aromatic nitrogens is 3. The van der Waals surface area contributed by atoms with Crippen LogP contribution in [0.3, 0.4) is 0 Å². The van der Waals surface area contributed by atoms with Gasteiger partial charge in [0, 0.05) is 29.8 Å². The highest BCUT2D eigenvalue weighted by Crippen LogP contribution is 2.29. The summed E-state index contributed by atoms with van der Waals surface area (Å²) in [5, 5.41) is 13.4. The van der Waals surface area contributed by atoms with E-state index in [4.69, 9.17) is 21.6 Å². The van der Waals surface area contributed by atoms with Crippen molar-refractivity contribution in [3.8, 4) is 11.8 Å². The van der Waals surface area contributed by atoms with Gasteiger partial charge in [0.15, 0.2) is 0 Å². The fraction of sp³-hybridized carbons (Fsp3) is 0.130. The summed E-state index contributed by atoms with van der Waals surface area (Å²) in [5.74, 6) is 1.06. The van der Waals surface area contributed by atoms with E-state index in [0.717, 1.165) is 11.1 Å². The van der Waals surface area contributed by atoms with Crippen molar-refractivity contribution in [3.63, 3.8) is 0 Å². The summed E-state index contributed by atoms with van der Waals surface area (Å²) in [7, 11) is 0. The number of fused-ring (bicyclic) bond motifs is 1. The summed E-state index contributed by atoms with van der Waals surface area (Å²) in [6, 6.07) is 16.3. The van der Waals surface area contributed by atoms with Gasteiger partial charge in [0.2, 0.25) is 0 Å². The smallest absolute Gasteiger partial charge is 0.253 e. The van der Waals surface area contributed by atoms with Crippen LogP contribution in [0.4, 0.5) is 5.82 Å². The molecule has 3 aromatic heterocycles. The van der Waals surface area contributed by atoms with Gasteiger partial charge >= 0.3 is 0 Å². The van der Waals surface area contributed by atoms with Gasteiger partial charge in [0.25, 0.3) is 5.56 Å². The molecular formula is C23H18ClN5O2. The fourth-order valence-corrected chi connectivity index (χ4v) is 3.32. The third kappa shape index (κ3) is 4.65. The van der Waals surface area contributed by atoms with Crippen molar-refractivity contribution in [2.45, 2.75) is 20.1 Å². The number of hydrogen-bond donors (Lipinski definition) is 2. The van der Waals surface area contributed by atoms with Crippen LogP contribution in [0.25, 0.3) is 10.9 Å². The van der Waals surface area contributed by atoms with Gasteiger partial charge in [-0.1, -0.05) is 17.7 Å². The number of rotatable bonds is 6. The van der Waals surface area contributed by atoms with Gasteiger partial charge in [-0.2, -0.15) is 5.26 Å². The van der Waals surface area contributed by atoms with Crippen LogP contribution in [0.1, 0.15) is 22.5 Å². The zero-order valence-corrected chi connectivity index (χ0v) is 17.4. The van der Waals surface area contributed by atoms with Gasteiger partial charge < -0.3 is 15.0 Å². The largest absolute Gasteiger partial charge is 0.486 e. The van der Waals surface area contributed by atoms with Gasteiger partial charge in [-0.05, 0) is 43.3 Å². The van der Waals surface area contributed by atoms with Crippen molar-refractivity contribution >= 4 is 28.3 Å². The first-order chi connectivity index (χ1) is 15.0. The van der Waals surface area contributed by atoms with E-state index >= 15 is 0 Å². The highest BCUT2D eigenvalue weighted by atomic mass is 35.5. The van der Waals surface area contributed by atoms with Crippen molar-refractivity contribution in [1.29, 1.82) is 5.26 Å². The first-order valence-corrected chi connectivity index (χ1v) is 9.91. The third-order valence-corrected chi connectivity index (χ3v) is 5.04. The number of halogens is 1. The number of aromatic amines is 1. The summed E-state index contributed by atoms with van der Waals surface area (Å²) in [4.78, 5) is 24.0. The number of anilines is 1. The maximum atomic E-state index is 12.6. The molecule has 0 atom stereocenters. The van der Waals surface area contributed by atoms with Crippen molar-refractivity contribution < 1.29 is 4.74 Å². The molecule has 0 spiro atoms. The molecule has 154 valence electrons. The summed E-state index contributed by atoms with van der Waals surface area (Å²) in [5.41, 5.74) is 2.87. The molecule has 3 heterocycles. The average Bonchev–Trinajstić information content (AvgIpc) is 2.77. The first kappa shape index (κ1) is 20.4. The van der Waals surface area contributed by atoms with Crippen LogP contribution in [0.5, 0.6) is 5.75 Å². The lowest BCUT2D eigenvalue weighted by molar-refractivity contribution is 0.302. The van der Waals surface area contributed by atoms with E-state index < -0.39 is 0 Å². The molecule has 0 bridgehead atoms. The number of ether oxygens (including phenoxy) is 1. The van der Waals surface area contributed by atoms with E-state index in [1.807, 2.05) is 18.2 Å². The van der Waals surface area contributed by atoms with Gasteiger partial charge in [-0.25, -0.2) is 4.98 Å². The van der Waals surface area contributed by atoms with Crippen molar-refractivity contribution in [2.75, 3.05) is 5.32 Å². The fourth-order valence-electron chi connectivity index (χ4n) is 3.09. The Morgan fingerprint density at radius 1 is 1.23 bits per heavy atom. The molecule has 4 aromatic rings. The molecule has 0 fully saturated rings. The maximum absolute atomic E-state index is 12.6. The Kier molecular flexibility index (Phi) is 5.83. The molecule has 0 saturated heterocycles. The van der Waals surface area contributed by atoms with Gasteiger partial charge in [0.05, 0.1) is 27.5 Å². The molecule has 0 unspecified atom stereocenters. The van der Waals surface area contributed by atoms with E-state index in [9.17, 15) is 4.79 Å². The molecule has 7 nitrogen and oxygen atoms in total. The molecule has 0 radical (unpaired) electrons. The Bertz CT molecular complexity index is 1350. The Labute approximate surface area is 183 Å². The number of aryl methyl sites for hydroxylation is 1. The second-order valence-electron chi connectivity index (χ2n) is 6.90. The number of hydrogen-bond acceptors (Lipinski definition) is 6. The van der Waals surface area contributed by atoms with Gasteiger partial charge in [-0.3, -0.25) is 9.78 Å². The van der Waals surface area contributed by atoms with Crippen LogP contribution in [0.15, 0.2) is 59.5 Å². The number of nitriles is 1. The summed E-state index contributed by atoms with van der Waals surface area (Å²) < 4.78 is 5.78. The van der Waals surface area contributed by atoms with E-state index in [2.05, 4.69) is 26.3 Å². The normalized spacial score (nSPS) is 10.6. The summed E-state index contributed by atoms with van der Waals surface area (Å²) >= 11 is 6.39. The lowest BCUT2D eigenvalue weighted by atomic mass is 10.1. The molecule has 0 amide bonds. The van der Waals surface area contributed by atoms with E-state index in [1.165, 1.54) is 0 Å². The Balaban J connectivity index is 1.53. The number of nitrogens with zero attached hydrogens (tertiary/aromatic N) is 3. The molecule has 0 aliphatic rings. The van der Waals surface area contributed by atoms with Crippen LogP contribution >= 0.6 is 11.6 Å². The molecular weight excluding hydrogens is 414 g/mol. The third-order valence-electron chi connectivity index (χ3n) is 4.74. The predicted octanol–water partition coefficient (Wildman–Crippen LogP) is 4.34. The van der Waals surface area contributed by atoms with Crippen LogP contribution in [-0.2, 0) is 13.2 Å². The van der Waals surface area contributed by atoms with Crippen LogP contribution in [0, 0.1) is 18.3 Å². The molecule has 4 rings (SSSR count). The minimum atomic E-state index is -0.219. The minimum absolute atomic E-state index is 0.219. The summed E-state index contributed by atoms with van der Waals surface area (Å²) in [6.45, 7) is 2.32. The van der Waals surface area contributed by atoms with Crippen LogP contribution in [-0.4, -0.2) is 15.0 Å². The molecule has 31 heavy (non-hydrogen) atoms. The molecule has 8 heteroatoms. The lowest BCUT2D eigenvalue weighted by Crippen LogP contribution is -2.16. The Morgan fingerprint density at radius 2 is 2.10 bits per heavy atom.